The lowest BCUT2D eigenvalue weighted by Crippen LogP contribution is -2.61. The molecule has 0 saturated carbocycles. The van der Waals surface area contributed by atoms with Crippen LogP contribution < -0.4 is 26.2 Å². The van der Waals surface area contributed by atoms with Gasteiger partial charge in [-0.25, -0.2) is 0 Å². The van der Waals surface area contributed by atoms with E-state index in [1.807, 2.05) is 0 Å². The summed E-state index contributed by atoms with van der Waals surface area (Å²) in [6, 6.07) is 43.2. The lowest BCUT2D eigenvalue weighted by Gasteiger charge is -2.47. The first-order chi connectivity index (χ1) is 32.6. The summed E-state index contributed by atoms with van der Waals surface area (Å²) in [5, 5.41) is 1.24. The number of fused-ring (bicyclic) bond motifs is 8. The summed E-state index contributed by atoms with van der Waals surface area (Å²) in [7, 11) is 0. The first kappa shape index (κ1) is 46.9. The quantitative estimate of drug-likeness (QED) is 0.165. The first-order valence-electron chi connectivity index (χ1n) is 26.5. The fourth-order valence-corrected chi connectivity index (χ4v) is 12.7. The highest BCUT2D eigenvalue weighted by Crippen LogP contribution is 2.54. The van der Waals surface area contributed by atoms with Gasteiger partial charge >= 0.3 is 0 Å². The Labute approximate surface area is 421 Å². The van der Waals surface area contributed by atoms with Gasteiger partial charge < -0.3 is 9.32 Å². The van der Waals surface area contributed by atoms with Gasteiger partial charge in [-0.05, 0) is 174 Å². The Hall–Kier alpha value is -5.48. The van der Waals surface area contributed by atoms with Crippen molar-refractivity contribution in [3.63, 3.8) is 0 Å². The highest BCUT2D eigenvalue weighted by Gasteiger charge is 2.50. The van der Waals surface area contributed by atoms with Crippen molar-refractivity contribution in [1.82, 2.24) is 0 Å². The summed E-state index contributed by atoms with van der Waals surface area (Å²) in [5.41, 5.74) is 23.2. The molecule has 7 aromatic rings. The van der Waals surface area contributed by atoms with E-state index in [1.165, 1.54) is 94.6 Å². The predicted octanol–water partition coefficient (Wildman–Crippen LogP) is 16.8. The molecule has 4 heteroatoms. The van der Waals surface area contributed by atoms with Gasteiger partial charge in [0, 0.05) is 39.2 Å². The van der Waals surface area contributed by atoms with Crippen LogP contribution in [0, 0.1) is 0 Å². The maximum atomic E-state index is 7.72. The predicted molar refractivity (Wildman–Crippen MR) is 302 cm³/mol. The molecule has 3 heterocycles. The topological polar surface area (TPSA) is 19.6 Å². The third-order valence-corrected chi connectivity index (χ3v) is 17.7. The molecule has 0 atom stereocenters. The van der Waals surface area contributed by atoms with E-state index >= 15 is 0 Å². The molecule has 0 fully saturated rings. The van der Waals surface area contributed by atoms with Crippen LogP contribution in [-0.2, 0) is 37.9 Å². The maximum absolute atomic E-state index is 7.72. The highest BCUT2D eigenvalue weighted by atomic mass is 16.4. The molecule has 4 aliphatic rings. The minimum atomic E-state index is -0.153. The average Bonchev–Trinajstić information content (AvgIpc) is 3.66. The van der Waals surface area contributed by atoms with Crippen molar-refractivity contribution in [2.75, 3.05) is 9.80 Å². The number of nitrogens with zero attached hydrogens (tertiary/aromatic N) is 2. The monoisotopic (exact) mass is 925 g/mol. The summed E-state index contributed by atoms with van der Waals surface area (Å²) < 4.78 is 7.72. The summed E-state index contributed by atoms with van der Waals surface area (Å²) in [6.45, 7) is 40.7. The van der Waals surface area contributed by atoms with Crippen molar-refractivity contribution in [2.24, 2.45) is 0 Å². The zero-order valence-electron chi connectivity index (χ0n) is 45.6. The van der Waals surface area contributed by atoms with Crippen LogP contribution in [0.3, 0.4) is 0 Å². The van der Waals surface area contributed by atoms with Gasteiger partial charge in [0.05, 0.1) is 5.69 Å². The highest BCUT2D eigenvalue weighted by molar-refractivity contribution is 7.01. The number of anilines is 6. The second-order valence-electron chi connectivity index (χ2n) is 27.6. The molecule has 0 bridgehead atoms. The van der Waals surface area contributed by atoms with Crippen LogP contribution >= 0.6 is 0 Å². The van der Waals surface area contributed by atoms with E-state index in [0.717, 1.165) is 42.8 Å². The molecule has 0 amide bonds. The van der Waals surface area contributed by atoms with Crippen molar-refractivity contribution in [3.8, 4) is 11.1 Å². The molecule has 11 rings (SSSR count). The van der Waals surface area contributed by atoms with Crippen LogP contribution in [0.15, 0.2) is 114 Å². The second kappa shape index (κ2) is 15.0. The fraction of sp³-hybridized carbons (Fsp3) is 0.424. The van der Waals surface area contributed by atoms with Crippen molar-refractivity contribution < 1.29 is 4.42 Å². The summed E-state index contributed by atoms with van der Waals surface area (Å²) >= 11 is 0. The molecule has 0 unspecified atom stereocenters. The molecule has 0 radical (unpaired) electrons. The Bertz CT molecular complexity index is 3270. The first-order valence-corrected chi connectivity index (χ1v) is 26.5. The third-order valence-electron chi connectivity index (χ3n) is 17.7. The minimum Gasteiger partial charge on any atom is -0.440 e. The van der Waals surface area contributed by atoms with Crippen molar-refractivity contribution >= 4 is 68.4 Å². The molecule has 0 spiro atoms. The van der Waals surface area contributed by atoms with Gasteiger partial charge in [0.2, 0.25) is 5.88 Å². The van der Waals surface area contributed by atoms with Gasteiger partial charge in [0.1, 0.15) is 5.58 Å². The summed E-state index contributed by atoms with van der Waals surface area (Å²) in [4.78, 5) is 5.21. The van der Waals surface area contributed by atoms with E-state index in [0.29, 0.717) is 0 Å². The van der Waals surface area contributed by atoms with Gasteiger partial charge in [-0.3, -0.25) is 4.90 Å². The van der Waals surface area contributed by atoms with E-state index in [1.54, 1.807) is 0 Å². The SMILES string of the molecule is CC(C)(C)c1ccc(N2c3cc4c(cc3B3c5c2cc(C(C)(C)C)cc5N(c2ccc(C(C)(C)C)cc2-c2ccccc2)c2oc5cc6c(cc5c23)C(C)(C)CCC6(C)C)C(C)(C)CCC4(C)C)cc1. The molecule has 70 heavy (non-hydrogen) atoms. The molecule has 360 valence electrons. The van der Waals surface area contributed by atoms with Crippen molar-refractivity contribution in [2.45, 2.75) is 181 Å². The minimum absolute atomic E-state index is 0.0222. The van der Waals surface area contributed by atoms with Gasteiger partial charge in [0.25, 0.3) is 6.71 Å². The lowest BCUT2D eigenvalue weighted by atomic mass is 9.33. The maximum Gasteiger partial charge on any atom is 0.257 e. The molecule has 1 aromatic heterocycles. The lowest BCUT2D eigenvalue weighted by molar-refractivity contribution is 0.332. The van der Waals surface area contributed by atoms with Crippen LogP contribution in [0.4, 0.5) is 34.3 Å². The van der Waals surface area contributed by atoms with Gasteiger partial charge in [0.15, 0.2) is 0 Å². The Balaban J connectivity index is 1.33. The van der Waals surface area contributed by atoms with Crippen LogP contribution in [0.2, 0.25) is 0 Å². The molecular weight excluding hydrogens is 848 g/mol. The van der Waals surface area contributed by atoms with Gasteiger partial charge in [-0.1, -0.05) is 172 Å². The molecule has 2 aliphatic carbocycles. The zero-order chi connectivity index (χ0) is 50.0. The van der Waals surface area contributed by atoms with Gasteiger partial charge in [-0.2, -0.15) is 0 Å². The third kappa shape index (κ3) is 7.18. The average molecular weight is 925 g/mol. The van der Waals surface area contributed by atoms with E-state index in [2.05, 4.69) is 237 Å². The Morgan fingerprint density at radius 1 is 0.443 bits per heavy atom. The smallest absolute Gasteiger partial charge is 0.257 e. The van der Waals surface area contributed by atoms with Crippen LogP contribution in [0.1, 0.15) is 182 Å². The number of hydrogen-bond donors (Lipinski definition) is 0. The van der Waals surface area contributed by atoms with E-state index in [9.17, 15) is 0 Å². The van der Waals surface area contributed by atoms with Crippen molar-refractivity contribution in [1.29, 1.82) is 0 Å². The second-order valence-corrected chi connectivity index (χ2v) is 27.6. The summed E-state index contributed by atoms with van der Waals surface area (Å²) in [6.07, 6.45) is 4.61. The van der Waals surface area contributed by atoms with Gasteiger partial charge in [-0.15, -0.1) is 0 Å². The number of rotatable bonds is 3. The Morgan fingerprint density at radius 3 is 1.50 bits per heavy atom. The van der Waals surface area contributed by atoms with E-state index in [-0.39, 0.29) is 44.6 Å². The van der Waals surface area contributed by atoms with Crippen LogP contribution in [0.5, 0.6) is 0 Å². The molecule has 6 aromatic carbocycles. The van der Waals surface area contributed by atoms with Crippen molar-refractivity contribution in [3.05, 3.63) is 148 Å². The number of benzene rings is 6. The molecule has 0 N–H and O–H groups in total. The Morgan fingerprint density at radius 2 is 0.943 bits per heavy atom. The van der Waals surface area contributed by atoms with E-state index < -0.39 is 0 Å². The Kier molecular flexibility index (Phi) is 10.1. The summed E-state index contributed by atoms with van der Waals surface area (Å²) in [5.74, 6) is 0.939. The molecule has 0 saturated heterocycles. The van der Waals surface area contributed by atoms with Crippen LogP contribution in [0.25, 0.3) is 22.1 Å². The number of furan rings is 1. The zero-order valence-corrected chi connectivity index (χ0v) is 45.6. The number of hydrogen-bond acceptors (Lipinski definition) is 3. The molecular formula is C66H77BN2O. The fourth-order valence-electron chi connectivity index (χ4n) is 12.7. The van der Waals surface area contributed by atoms with E-state index in [4.69, 9.17) is 4.42 Å². The normalized spacial score (nSPS) is 18.5. The molecule has 3 nitrogen and oxygen atoms in total. The standard InChI is InChI=1S/C66H77BN2O/c1-60(2,3)41-23-26-44(27-24-41)68-53-38-49-48(64(12,13)30-31-65(49,14)15)37-51(53)67-57-46-36-47-50(66(16,17)32-29-63(47,10)11)39-56(46)70-59(57)69(55-35-43(62(7,8)9)34-54(68)58(55)67)52-28-25-42(61(4,5)6)33-45(52)40-21-19-18-20-22-40/h18-28,33-39H,29-32H2,1-17H3. The van der Waals surface area contributed by atoms with Crippen LogP contribution in [-0.4, -0.2) is 6.71 Å². The molecule has 2 aliphatic heterocycles. The largest absolute Gasteiger partial charge is 0.440 e.